The van der Waals surface area contributed by atoms with Gasteiger partial charge >= 0.3 is 12.2 Å². The zero-order valence-corrected chi connectivity index (χ0v) is 13.6. The number of alkyl halides is 3. The Kier molecular flexibility index (Phi) is 5.36. The second kappa shape index (κ2) is 7.11. The molecule has 0 aliphatic carbocycles. The van der Waals surface area contributed by atoms with Crippen molar-refractivity contribution < 1.29 is 22.8 Å². The molecule has 0 unspecified atom stereocenters. The third kappa shape index (κ3) is 4.18. The van der Waals surface area contributed by atoms with Crippen molar-refractivity contribution in [1.29, 1.82) is 0 Å². The number of urea groups is 1. The maximum Gasteiger partial charge on any atom is 0.417 e. The van der Waals surface area contributed by atoms with Crippen LogP contribution in [-0.2, 0) is 6.18 Å². The number of halogens is 3. The van der Waals surface area contributed by atoms with Crippen molar-refractivity contribution >= 4 is 11.9 Å². The van der Waals surface area contributed by atoms with Crippen LogP contribution in [0.4, 0.5) is 18.0 Å². The zero-order valence-electron chi connectivity index (χ0n) is 13.6. The molecule has 1 aromatic carbocycles. The van der Waals surface area contributed by atoms with Gasteiger partial charge in [0.15, 0.2) is 0 Å². The normalized spacial score (nSPS) is 16.0. The standard InChI is InChI=1S/C16H20F3N3O2/c1-21(2)15(24)20-11-7-9-22(10-8-11)14(23)12-5-3-4-6-13(12)16(17,18)19/h3-6,11H,7-10H2,1-2H3,(H,20,24). The molecule has 1 fully saturated rings. The van der Waals surface area contributed by atoms with E-state index in [4.69, 9.17) is 0 Å². The van der Waals surface area contributed by atoms with Gasteiger partial charge in [0.25, 0.3) is 5.91 Å². The predicted molar refractivity (Wildman–Crippen MR) is 82.6 cm³/mol. The Morgan fingerprint density at radius 3 is 2.29 bits per heavy atom. The minimum atomic E-state index is -4.57. The Labute approximate surface area is 138 Å². The highest BCUT2D eigenvalue weighted by molar-refractivity contribution is 5.96. The van der Waals surface area contributed by atoms with Gasteiger partial charge < -0.3 is 15.1 Å². The summed E-state index contributed by atoms with van der Waals surface area (Å²) in [5.74, 6) is -0.625. The van der Waals surface area contributed by atoms with Crippen LogP contribution in [-0.4, -0.2) is 55.0 Å². The average Bonchev–Trinajstić information content (AvgIpc) is 2.54. The summed E-state index contributed by atoms with van der Waals surface area (Å²) in [6.45, 7) is 0.618. The summed E-state index contributed by atoms with van der Waals surface area (Å²) in [5, 5.41) is 2.82. The number of benzene rings is 1. The minimum Gasteiger partial charge on any atom is -0.338 e. The van der Waals surface area contributed by atoms with E-state index in [0.717, 1.165) is 6.07 Å². The van der Waals surface area contributed by atoms with Crippen molar-refractivity contribution in [3.8, 4) is 0 Å². The number of rotatable bonds is 2. The van der Waals surface area contributed by atoms with Gasteiger partial charge in [0.05, 0.1) is 11.1 Å². The molecule has 1 aliphatic heterocycles. The van der Waals surface area contributed by atoms with Gasteiger partial charge in [-0.2, -0.15) is 13.2 Å². The van der Waals surface area contributed by atoms with Crippen molar-refractivity contribution in [2.45, 2.75) is 25.1 Å². The zero-order chi connectivity index (χ0) is 17.9. The van der Waals surface area contributed by atoms with Crippen LogP contribution in [0, 0.1) is 0 Å². The summed E-state index contributed by atoms with van der Waals surface area (Å²) in [4.78, 5) is 26.9. The van der Waals surface area contributed by atoms with Gasteiger partial charge in [-0.05, 0) is 25.0 Å². The highest BCUT2D eigenvalue weighted by atomic mass is 19.4. The summed E-state index contributed by atoms with van der Waals surface area (Å²) >= 11 is 0. The van der Waals surface area contributed by atoms with Gasteiger partial charge in [0.1, 0.15) is 0 Å². The van der Waals surface area contributed by atoms with Crippen molar-refractivity contribution in [1.82, 2.24) is 15.1 Å². The van der Waals surface area contributed by atoms with E-state index in [1.54, 1.807) is 14.1 Å². The van der Waals surface area contributed by atoms with Gasteiger partial charge in [0.2, 0.25) is 0 Å². The van der Waals surface area contributed by atoms with Crippen LogP contribution in [0.2, 0.25) is 0 Å². The average molecular weight is 343 g/mol. The molecule has 1 heterocycles. The largest absolute Gasteiger partial charge is 0.417 e. The molecule has 1 aliphatic rings. The van der Waals surface area contributed by atoms with Gasteiger partial charge in [-0.3, -0.25) is 4.79 Å². The number of nitrogens with one attached hydrogen (secondary N) is 1. The molecule has 0 radical (unpaired) electrons. The molecule has 8 heteroatoms. The first kappa shape index (κ1) is 18.1. The Bertz CT molecular complexity index is 609. The molecule has 132 valence electrons. The van der Waals surface area contributed by atoms with Crippen LogP contribution in [0.1, 0.15) is 28.8 Å². The first-order chi connectivity index (χ1) is 11.2. The Hall–Kier alpha value is -2.25. The fourth-order valence-electron chi connectivity index (χ4n) is 2.62. The van der Waals surface area contributed by atoms with Crippen molar-refractivity contribution in [3.63, 3.8) is 0 Å². The lowest BCUT2D eigenvalue weighted by Gasteiger charge is -2.33. The lowest BCUT2D eigenvalue weighted by atomic mass is 10.0. The molecule has 0 atom stereocenters. The molecule has 0 saturated carbocycles. The third-order valence-electron chi connectivity index (χ3n) is 3.98. The highest BCUT2D eigenvalue weighted by Gasteiger charge is 2.36. The van der Waals surface area contributed by atoms with Crippen LogP contribution < -0.4 is 5.32 Å². The van der Waals surface area contributed by atoms with E-state index in [9.17, 15) is 22.8 Å². The van der Waals surface area contributed by atoms with Crippen LogP contribution in [0.3, 0.4) is 0 Å². The Morgan fingerprint density at radius 2 is 1.75 bits per heavy atom. The number of piperidine rings is 1. The van der Waals surface area contributed by atoms with E-state index in [2.05, 4.69) is 5.32 Å². The number of nitrogens with zero attached hydrogens (tertiary/aromatic N) is 2. The summed E-state index contributed by atoms with van der Waals surface area (Å²) in [6.07, 6.45) is -3.54. The van der Waals surface area contributed by atoms with Crippen LogP contribution in [0.5, 0.6) is 0 Å². The quantitative estimate of drug-likeness (QED) is 0.897. The number of likely N-dealkylation sites (tertiary alicyclic amines) is 1. The van der Waals surface area contributed by atoms with Crippen molar-refractivity contribution in [2.75, 3.05) is 27.2 Å². The number of hydrogen-bond acceptors (Lipinski definition) is 2. The lowest BCUT2D eigenvalue weighted by Crippen LogP contribution is -2.49. The van der Waals surface area contributed by atoms with E-state index in [1.165, 1.54) is 28.0 Å². The molecule has 1 saturated heterocycles. The number of hydrogen-bond donors (Lipinski definition) is 1. The number of carbonyl (C=O) groups excluding carboxylic acids is 2. The smallest absolute Gasteiger partial charge is 0.338 e. The highest BCUT2D eigenvalue weighted by Crippen LogP contribution is 2.32. The van der Waals surface area contributed by atoms with Gasteiger partial charge in [-0.1, -0.05) is 12.1 Å². The molecule has 2 rings (SSSR count). The molecule has 0 bridgehead atoms. The Balaban J connectivity index is 2.03. The SMILES string of the molecule is CN(C)C(=O)NC1CCN(C(=O)c2ccccc2C(F)(F)F)CC1. The van der Waals surface area contributed by atoms with Gasteiger partial charge in [-0.25, -0.2) is 4.79 Å². The number of amides is 3. The summed E-state index contributed by atoms with van der Waals surface area (Å²) in [5.41, 5.74) is -1.25. The monoisotopic (exact) mass is 343 g/mol. The molecule has 24 heavy (non-hydrogen) atoms. The van der Waals surface area contributed by atoms with E-state index in [1.807, 2.05) is 0 Å². The molecule has 5 nitrogen and oxygen atoms in total. The fourth-order valence-corrected chi connectivity index (χ4v) is 2.62. The fraction of sp³-hybridized carbons (Fsp3) is 0.500. The molecule has 1 N–H and O–H groups in total. The molecule has 0 spiro atoms. The number of carbonyl (C=O) groups is 2. The van der Waals surface area contributed by atoms with E-state index >= 15 is 0 Å². The van der Waals surface area contributed by atoms with Crippen LogP contribution >= 0.6 is 0 Å². The van der Waals surface area contributed by atoms with Crippen molar-refractivity contribution in [2.24, 2.45) is 0 Å². The van der Waals surface area contributed by atoms with E-state index in [-0.39, 0.29) is 17.6 Å². The lowest BCUT2D eigenvalue weighted by molar-refractivity contribution is -0.138. The molecular weight excluding hydrogens is 323 g/mol. The molecule has 3 amide bonds. The topological polar surface area (TPSA) is 52.7 Å². The summed E-state index contributed by atoms with van der Waals surface area (Å²) < 4.78 is 39.1. The molecule has 1 aromatic rings. The maximum absolute atomic E-state index is 13.0. The first-order valence-electron chi connectivity index (χ1n) is 7.63. The van der Waals surface area contributed by atoms with Crippen molar-refractivity contribution in [3.05, 3.63) is 35.4 Å². The predicted octanol–water partition coefficient (Wildman–Crippen LogP) is 2.58. The maximum atomic E-state index is 13.0. The third-order valence-corrected chi connectivity index (χ3v) is 3.98. The Morgan fingerprint density at radius 1 is 1.17 bits per heavy atom. The minimum absolute atomic E-state index is 0.0817. The van der Waals surface area contributed by atoms with Crippen LogP contribution in [0.25, 0.3) is 0 Å². The first-order valence-corrected chi connectivity index (χ1v) is 7.63. The van der Waals surface area contributed by atoms with E-state index < -0.39 is 17.6 Å². The second-order valence-electron chi connectivity index (χ2n) is 5.95. The van der Waals surface area contributed by atoms with Gasteiger partial charge in [0, 0.05) is 33.2 Å². The molecule has 0 aromatic heterocycles. The second-order valence-corrected chi connectivity index (χ2v) is 5.95. The van der Waals surface area contributed by atoms with Crippen LogP contribution in [0.15, 0.2) is 24.3 Å². The van der Waals surface area contributed by atoms with E-state index in [0.29, 0.717) is 25.9 Å². The summed E-state index contributed by atoms with van der Waals surface area (Å²) in [6, 6.07) is 4.50. The summed E-state index contributed by atoms with van der Waals surface area (Å²) in [7, 11) is 3.25. The molecular formula is C16H20F3N3O2. The van der Waals surface area contributed by atoms with Gasteiger partial charge in [-0.15, -0.1) is 0 Å².